The monoisotopic (exact) mass is 641 g/mol. The van der Waals surface area contributed by atoms with Gasteiger partial charge in [0, 0.05) is 55.6 Å². The summed E-state index contributed by atoms with van der Waals surface area (Å²) in [6.45, 7) is 0. The number of pyridine rings is 1. The van der Waals surface area contributed by atoms with Crippen LogP contribution in [0.2, 0.25) is 0 Å². The Hall–Kier alpha value is -6.85. The molecule has 5 nitrogen and oxygen atoms in total. The molecule has 0 amide bonds. The van der Waals surface area contributed by atoms with Crippen molar-refractivity contribution >= 4 is 43.9 Å². The van der Waals surface area contributed by atoms with Gasteiger partial charge in [-0.3, -0.25) is 4.98 Å². The van der Waals surface area contributed by atoms with Crippen LogP contribution in [0.3, 0.4) is 0 Å². The van der Waals surface area contributed by atoms with Crippen LogP contribution in [0.25, 0.3) is 100 Å². The molecular weight excluding hydrogens is 615 g/mol. The number of furan rings is 2. The average molecular weight is 642 g/mol. The summed E-state index contributed by atoms with van der Waals surface area (Å²) in [6.07, 6.45) is 1.81. The van der Waals surface area contributed by atoms with Crippen molar-refractivity contribution in [2.75, 3.05) is 0 Å². The van der Waals surface area contributed by atoms with E-state index in [0.717, 1.165) is 94.3 Å². The third kappa shape index (κ3) is 4.60. The Balaban J connectivity index is 1.23. The van der Waals surface area contributed by atoms with Crippen LogP contribution in [-0.4, -0.2) is 15.0 Å². The molecule has 4 aromatic heterocycles. The van der Waals surface area contributed by atoms with Gasteiger partial charge in [0.1, 0.15) is 22.3 Å². The Labute approximate surface area is 287 Å². The summed E-state index contributed by atoms with van der Waals surface area (Å²) >= 11 is 0. The zero-order chi connectivity index (χ0) is 33.0. The molecule has 0 N–H and O–H groups in total. The fraction of sp³-hybridized carbons (Fsp3) is 0. The lowest BCUT2D eigenvalue weighted by Crippen LogP contribution is -1.98. The normalized spacial score (nSPS) is 11.6. The van der Waals surface area contributed by atoms with Gasteiger partial charge in [-0.1, -0.05) is 109 Å². The molecule has 50 heavy (non-hydrogen) atoms. The maximum atomic E-state index is 6.71. The number of fused-ring (bicyclic) bond motifs is 6. The lowest BCUT2D eigenvalue weighted by Gasteiger charge is -2.13. The van der Waals surface area contributed by atoms with Crippen molar-refractivity contribution in [3.63, 3.8) is 0 Å². The van der Waals surface area contributed by atoms with Gasteiger partial charge in [0.25, 0.3) is 0 Å². The molecule has 5 heteroatoms. The Morgan fingerprint density at radius 2 is 1.06 bits per heavy atom. The molecule has 0 aliphatic heterocycles. The SMILES string of the molecule is c1ccc(-c2cc(-c3ccc(-c4ccc5oc6ccccc6c5c4)c4oc5ccccc5c34)nc(-c3ccccc3-c3ccccn3)n2)cc1. The van der Waals surface area contributed by atoms with Crippen molar-refractivity contribution in [2.24, 2.45) is 0 Å². The topological polar surface area (TPSA) is 65.0 Å². The van der Waals surface area contributed by atoms with Crippen LogP contribution in [0.4, 0.5) is 0 Å². The molecule has 0 bridgehead atoms. The summed E-state index contributed by atoms with van der Waals surface area (Å²) < 4.78 is 12.9. The van der Waals surface area contributed by atoms with Crippen molar-refractivity contribution in [3.05, 3.63) is 164 Å². The number of hydrogen-bond donors (Lipinski definition) is 0. The van der Waals surface area contributed by atoms with E-state index in [4.69, 9.17) is 18.8 Å². The first kappa shape index (κ1) is 28.2. The Kier molecular flexibility index (Phi) is 6.42. The molecule has 0 saturated heterocycles. The predicted octanol–water partition coefficient (Wildman–Crippen LogP) is 12.0. The number of rotatable bonds is 5. The van der Waals surface area contributed by atoms with E-state index in [2.05, 4.69) is 83.8 Å². The van der Waals surface area contributed by atoms with Gasteiger partial charge >= 0.3 is 0 Å². The van der Waals surface area contributed by atoms with Crippen LogP contribution in [0.5, 0.6) is 0 Å². The van der Waals surface area contributed by atoms with Gasteiger partial charge in [-0.25, -0.2) is 9.97 Å². The maximum Gasteiger partial charge on any atom is 0.161 e. The van der Waals surface area contributed by atoms with Crippen LogP contribution in [0.1, 0.15) is 0 Å². The smallest absolute Gasteiger partial charge is 0.161 e. The number of hydrogen-bond acceptors (Lipinski definition) is 5. The standard InChI is InChI=1S/C45H27N3O2/c1-2-12-28(13-3-1)38-27-39(48-45(47-38)33-16-5-4-14-31(33)37-18-10-11-25-46-37)34-23-22-30(44-43(34)35-17-7-9-20-41(35)50-44)29-21-24-42-36(26-29)32-15-6-8-19-40(32)49-42/h1-27H. The molecule has 0 atom stereocenters. The number of benzene rings is 6. The van der Waals surface area contributed by atoms with E-state index in [1.54, 1.807) is 0 Å². The van der Waals surface area contributed by atoms with Crippen molar-refractivity contribution in [1.29, 1.82) is 0 Å². The van der Waals surface area contributed by atoms with Crippen LogP contribution in [-0.2, 0) is 0 Å². The van der Waals surface area contributed by atoms with E-state index in [1.165, 1.54) is 0 Å². The zero-order valence-electron chi connectivity index (χ0n) is 26.7. The highest BCUT2D eigenvalue weighted by Crippen LogP contribution is 2.43. The molecule has 0 radical (unpaired) electrons. The van der Waals surface area contributed by atoms with Crippen molar-refractivity contribution in [1.82, 2.24) is 15.0 Å². The lowest BCUT2D eigenvalue weighted by molar-refractivity contribution is 0.668. The third-order valence-corrected chi connectivity index (χ3v) is 9.39. The summed E-state index contributed by atoms with van der Waals surface area (Å²) in [5.41, 5.74) is 11.8. The molecule has 0 spiro atoms. The van der Waals surface area contributed by atoms with Gasteiger partial charge in [0.2, 0.25) is 0 Å². The maximum absolute atomic E-state index is 6.71. The Morgan fingerprint density at radius 3 is 1.90 bits per heavy atom. The molecule has 4 heterocycles. The fourth-order valence-electron chi connectivity index (χ4n) is 7.05. The highest BCUT2D eigenvalue weighted by Gasteiger charge is 2.21. The first-order valence-corrected chi connectivity index (χ1v) is 16.6. The quantitative estimate of drug-likeness (QED) is 0.187. The molecular formula is C45H27N3O2. The molecule has 234 valence electrons. The highest BCUT2D eigenvalue weighted by molar-refractivity contribution is 6.17. The van der Waals surface area contributed by atoms with E-state index in [0.29, 0.717) is 5.82 Å². The van der Waals surface area contributed by atoms with Gasteiger partial charge in [0.15, 0.2) is 5.82 Å². The summed E-state index contributed by atoms with van der Waals surface area (Å²) in [4.78, 5) is 15.1. The van der Waals surface area contributed by atoms with E-state index >= 15 is 0 Å². The average Bonchev–Trinajstić information content (AvgIpc) is 3.77. The number of nitrogens with zero attached hydrogens (tertiary/aromatic N) is 3. The van der Waals surface area contributed by atoms with E-state index in [1.807, 2.05) is 85.1 Å². The minimum atomic E-state index is 0.630. The number of aromatic nitrogens is 3. The van der Waals surface area contributed by atoms with Crippen molar-refractivity contribution in [2.45, 2.75) is 0 Å². The van der Waals surface area contributed by atoms with Crippen LogP contribution in [0, 0.1) is 0 Å². The first-order valence-electron chi connectivity index (χ1n) is 16.6. The molecule has 0 saturated carbocycles. The Bertz CT molecular complexity index is 2870. The van der Waals surface area contributed by atoms with Gasteiger partial charge in [0.05, 0.1) is 17.1 Å². The van der Waals surface area contributed by atoms with Crippen molar-refractivity contribution < 1.29 is 8.83 Å². The summed E-state index contributed by atoms with van der Waals surface area (Å²) in [5.74, 6) is 0.630. The molecule has 10 aromatic rings. The Morgan fingerprint density at radius 1 is 0.380 bits per heavy atom. The second-order valence-corrected chi connectivity index (χ2v) is 12.4. The molecule has 6 aromatic carbocycles. The van der Waals surface area contributed by atoms with Crippen molar-refractivity contribution in [3.8, 4) is 56.3 Å². The van der Waals surface area contributed by atoms with Gasteiger partial charge in [-0.2, -0.15) is 0 Å². The minimum Gasteiger partial charge on any atom is -0.456 e. The van der Waals surface area contributed by atoms with E-state index in [9.17, 15) is 0 Å². The minimum absolute atomic E-state index is 0.630. The number of para-hydroxylation sites is 2. The van der Waals surface area contributed by atoms with Crippen LogP contribution < -0.4 is 0 Å². The van der Waals surface area contributed by atoms with E-state index in [-0.39, 0.29) is 0 Å². The third-order valence-electron chi connectivity index (χ3n) is 9.39. The summed E-state index contributed by atoms with van der Waals surface area (Å²) in [7, 11) is 0. The second-order valence-electron chi connectivity index (χ2n) is 12.4. The molecule has 10 rings (SSSR count). The van der Waals surface area contributed by atoms with Gasteiger partial charge < -0.3 is 8.83 Å². The largest absolute Gasteiger partial charge is 0.456 e. The van der Waals surface area contributed by atoms with Crippen LogP contribution in [0.15, 0.2) is 173 Å². The first-order chi connectivity index (χ1) is 24.8. The molecule has 0 aliphatic carbocycles. The second kappa shape index (κ2) is 11.4. The summed E-state index contributed by atoms with van der Waals surface area (Å²) in [5, 5.41) is 4.21. The molecule has 0 fully saturated rings. The van der Waals surface area contributed by atoms with Crippen LogP contribution >= 0.6 is 0 Å². The molecule has 0 unspecified atom stereocenters. The zero-order valence-corrected chi connectivity index (χ0v) is 26.7. The molecule has 0 aliphatic rings. The lowest BCUT2D eigenvalue weighted by atomic mass is 9.95. The fourth-order valence-corrected chi connectivity index (χ4v) is 7.05. The van der Waals surface area contributed by atoms with Gasteiger partial charge in [-0.05, 0) is 54.1 Å². The van der Waals surface area contributed by atoms with Gasteiger partial charge in [-0.15, -0.1) is 0 Å². The highest BCUT2D eigenvalue weighted by atomic mass is 16.3. The predicted molar refractivity (Wildman–Crippen MR) is 202 cm³/mol. The summed E-state index contributed by atoms with van der Waals surface area (Å²) in [6, 6.07) is 53.6. The van der Waals surface area contributed by atoms with E-state index < -0.39 is 0 Å².